The van der Waals surface area contributed by atoms with Gasteiger partial charge in [0.05, 0.1) is 6.61 Å². The summed E-state index contributed by atoms with van der Waals surface area (Å²) < 4.78 is 5.96. The summed E-state index contributed by atoms with van der Waals surface area (Å²) in [7, 11) is 0. The van der Waals surface area contributed by atoms with Gasteiger partial charge in [-0.05, 0) is 34.1 Å². The van der Waals surface area contributed by atoms with Gasteiger partial charge in [0.1, 0.15) is 12.4 Å². The lowest BCUT2D eigenvalue weighted by atomic mass is 10.3. The molecule has 1 aromatic rings. The molecule has 1 aromatic carbocycles. The highest BCUT2D eigenvalue weighted by Crippen LogP contribution is 2.24. The zero-order chi connectivity index (χ0) is 8.97. The highest BCUT2D eigenvalue weighted by atomic mass is 79.9. The van der Waals surface area contributed by atoms with Crippen LogP contribution in [0.3, 0.4) is 0 Å². The third-order valence-electron chi connectivity index (χ3n) is 1.33. The molecular weight excluding hydrogens is 222 g/mol. The molecule has 1 rings (SSSR count). The molecule has 0 bridgehead atoms. The standard InChI is InChI=1S/C8H10BrNO2/c9-7-5-6(12-4-3-11)1-2-8(7)10/h1-2,5,11H,3-4,10H2. The molecule has 0 fully saturated rings. The fourth-order valence-corrected chi connectivity index (χ4v) is 1.12. The maximum Gasteiger partial charge on any atom is 0.120 e. The first-order valence-electron chi connectivity index (χ1n) is 3.52. The first-order valence-corrected chi connectivity index (χ1v) is 4.32. The number of anilines is 1. The largest absolute Gasteiger partial charge is 0.491 e. The lowest BCUT2D eigenvalue weighted by Gasteiger charge is -2.05. The van der Waals surface area contributed by atoms with Gasteiger partial charge in [0, 0.05) is 10.2 Å². The molecule has 0 amide bonds. The second kappa shape index (κ2) is 4.33. The van der Waals surface area contributed by atoms with E-state index in [-0.39, 0.29) is 6.61 Å². The van der Waals surface area contributed by atoms with Crippen LogP contribution in [0.25, 0.3) is 0 Å². The predicted molar refractivity (Wildman–Crippen MR) is 51.1 cm³/mol. The van der Waals surface area contributed by atoms with E-state index in [1.165, 1.54) is 0 Å². The number of nitrogen functional groups attached to an aromatic ring is 1. The van der Waals surface area contributed by atoms with Crippen molar-refractivity contribution in [2.45, 2.75) is 0 Å². The van der Waals surface area contributed by atoms with E-state index >= 15 is 0 Å². The van der Waals surface area contributed by atoms with Crippen LogP contribution in [0, 0.1) is 0 Å². The third kappa shape index (κ3) is 2.39. The molecule has 0 saturated heterocycles. The summed E-state index contributed by atoms with van der Waals surface area (Å²) >= 11 is 3.27. The van der Waals surface area contributed by atoms with Gasteiger partial charge in [-0.25, -0.2) is 0 Å². The van der Waals surface area contributed by atoms with E-state index in [9.17, 15) is 0 Å². The van der Waals surface area contributed by atoms with Crippen molar-refractivity contribution in [3.8, 4) is 5.75 Å². The van der Waals surface area contributed by atoms with E-state index in [4.69, 9.17) is 15.6 Å². The molecule has 0 aromatic heterocycles. The van der Waals surface area contributed by atoms with Gasteiger partial charge >= 0.3 is 0 Å². The molecule has 66 valence electrons. The Morgan fingerprint density at radius 1 is 1.50 bits per heavy atom. The Labute approximate surface area is 79.3 Å². The number of aliphatic hydroxyl groups excluding tert-OH is 1. The zero-order valence-electron chi connectivity index (χ0n) is 6.46. The fourth-order valence-electron chi connectivity index (χ4n) is 0.761. The Hall–Kier alpha value is -0.740. The summed E-state index contributed by atoms with van der Waals surface area (Å²) in [6.45, 7) is 0.318. The Morgan fingerprint density at radius 2 is 2.25 bits per heavy atom. The van der Waals surface area contributed by atoms with Crippen LogP contribution in [0.2, 0.25) is 0 Å². The van der Waals surface area contributed by atoms with Crippen molar-refractivity contribution in [3.63, 3.8) is 0 Å². The Morgan fingerprint density at radius 3 is 2.83 bits per heavy atom. The topological polar surface area (TPSA) is 55.5 Å². The van der Waals surface area contributed by atoms with Crippen LogP contribution in [0.1, 0.15) is 0 Å². The minimum absolute atomic E-state index is 0.0159. The molecule has 3 nitrogen and oxygen atoms in total. The third-order valence-corrected chi connectivity index (χ3v) is 2.02. The van der Waals surface area contributed by atoms with E-state index in [2.05, 4.69) is 15.9 Å². The fraction of sp³-hybridized carbons (Fsp3) is 0.250. The highest BCUT2D eigenvalue weighted by molar-refractivity contribution is 9.10. The summed E-state index contributed by atoms with van der Waals surface area (Å²) in [5.41, 5.74) is 6.24. The van der Waals surface area contributed by atoms with E-state index in [0.717, 1.165) is 4.47 Å². The molecule has 0 spiro atoms. The molecular formula is C8H10BrNO2. The summed E-state index contributed by atoms with van der Waals surface area (Å²) in [6, 6.07) is 5.28. The van der Waals surface area contributed by atoms with Crippen molar-refractivity contribution in [2.75, 3.05) is 18.9 Å². The number of rotatable bonds is 3. The number of halogens is 1. The number of hydrogen-bond donors (Lipinski definition) is 2. The smallest absolute Gasteiger partial charge is 0.120 e. The molecule has 0 aliphatic carbocycles. The van der Waals surface area contributed by atoms with Crippen molar-refractivity contribution < 1.29 is 9.84 Å². The molecule has 0 aliphatic heterocycles. The van der Waals surface area contributed by atoms with Crippen LogP contribution in [-0.4, -0.2) is 18.3 Å². The van der Waals surface area contributed by atoms with Gasteiger partial charge in [-0.3, -0.25) is 0 Å². The molecule has 0 heterocycles. The van der Waals surface area contributed by atoms with Crippen molar-refractivity contribution >= 4 is 21.6 Å². The SMILES string of the molecule is Nc1ccc(OCCO)cc1Br. The number of ether oxygens (including phenoxy) is 1. The van der Waals surface area contributed by atoms with E-state index in [1.54, 1.807) is 18.2 Å². The number of nitrogens with two attached hydrogens (primary N) is 1. The van der Waals surface area contributed by atoms with Gasteiger partial charge in [0.2, 0.25) is 0 Å². The van der Waals surface area contributed by atoms with Crippen LogP contribution in [-0.2, 0) is 0 Å². The minimum Gasteiger partial charge on any atom is -0.491 e. The average molecular weight is 232 g/mol. The van der Waals surface area contributed by atoms with E-state index < -0.39 is 0 Å². The quantitative estimate of drug-likeness (QED) is 0.774. The van der Waals surface area contributed by atoms with Crippen molar-refractivity contribution in [1.82, 2.24) is 0 Å². The van der Waals surface area contributed by atoms with Crippen LogP contribution >= 0.6 is 15.9 Å². The lowest BCUT2D eigenvalue weighted by Crippen LogP contribution is -2.01. The number of hydrogen-bond acceptors (Lipinski definition) is 3. The number of benzene rings is 1. The van der Waals surface area contributed by atoms with Crippen molar-refractivity contribution in [3.05, 3.63) is 22.7 Å². The van der Waals surface area contributed by atoms with Gasteiger partial charge in [-0.15, -0.1) is 0 Å². The molecule has 12 heavy (non-hydrogen) atoms. The van der Waals surface area contributed by atoms with Crippen LogP contribution in [0.15, 0.2) is 22.7 Å². The van der Waals surface area contributed by atoms with E-state index in [1.807, 2.05) is 0 Å². The first-order chi connectivity index (χ1) is 5.74. The van der Waals surface area contributed by atoms with Gasteiger partial charge in [-0.2, -0.15) is 0 Å². The van der Waals surface area contributed by atoms with Gasteiger partial charge in [0.15, 0.2) is 0 Å². The molecule has 0 atom stereocenters. The monoisotopic (exact) mass is 231 g/mol. The molecule has 0 radical (unpaired) electrons. The van der Waals surface area contributed by atoms with Crippen LogP contribution < -0.4 is 10.5 Å². The minimum atomic E-state index is 0.0159. The summed E-state index contributed by atoms with van der Waals surface area (Å²) in [6.07, 6.45) is 0. The molecule has 3 N–H and O–H groups in total. The molecule has 0 saturated carbocycles. The number of aliphatic hydroxyl groups is 1. The maximum atomic E-state index is 8.49. The highest BCUT2D eigenvalue weighted by Gasteiger charge is 1.97. The van der Waals surface area contributed by atoms with Gasteiger partial charge < -0.3 is 15.6 Å². The molecule has 0 unspecified atom stereocenters. The average Bonchev–Trinajstić information content (AvgIpc) is 2.07. The Kier molecular flexibility index (Phi) is 3.37. The summed E-state index contributed by atoms with van der Waals surface area (Å²) in [5.74, 6) is 0.699. The predicted octanol–water partition coefficient (Wildman–Crippen LogP) is 1.40. The van der Waals surface area contributed by atoms with Crippen LogP contribution in [0.5, 0.6) is 5.75 Å². The first kappa shape index (κ1) is 9.35. The van der Waals surface area contributed by atoms with Crippen molar-refractivity contribution in [1.29, 1.82) is 0 Å². The van der Waals surface area contributed by atoms with E-state index in [0.29, 0.717) is 18.0 Å². The summed E-state index contributed by atoms with van der Waals surface area (Å²) in [5, 5.41) is 8.49. The maximum absolute atomic E-state index is 8.49. The van der Waals surface area contributed by atoms with Gasteiger partial charge in [-0.1, -0.05) is 0 Å². The van der Waals surface area contributed by atoms with Gasteiger partial charge in [0.25, 0.3) is 0 Å². The zero-order valence-corrected chi connectivity index (χ0v) is 8.04. The normalized spacial score (nSPS) is 9.83. The Bertz CT molecular complexity index is 265. The molecule has 0 aliphatic rings. The lowest BCUT2D eigenvalue weighted by molar-refractivity contribution is 0.201. The second-order valence-electron chi connectivity index (χ2n) is 2.26. The van der Waals surface area contributed by atoms with Crippen molar-refractivity contribution in [2.24, 2.45) is 0 Å². The molecule has 4 heteroatoms. The summed E-state index contributed by atoms with van der Waals surface area (Å²) in [4.78, 5) is 0. The second-order valence-corrected chi connectivity index (χ2v) is 3.11. The van der Waals surface area contributed by atoms with Crippen LogP contribution in [0.4, 0.5) is 5.69 Å². The Balaban J connectivity index is 2.69.